The second-order valence-electron chi connectivity index (χ2n) is 1.33. The lowest BCUT2D eigenvalue weighted by Crippen LogP contribution is -2.33. The second-order valence-corrected chi connectivity index (χ2v) is 3.94. The van der Waals surface area contributed by atoms with E-state index in [4.69, 9.17) is 0 Å². The highest BCUT2D eigenvalue weighted by Crippen LogP contribution is 2.13. The molecule has 0 fully saturated rings. The summed E-state index contributed by atoms with van der Waals surface area (Å²) in [4.78, 5) is 9.46. The molecule has 0 N–H and O–H groups in total. The van der Waals surface area contributed by atoms with Gasteiger partial charge in [0.1, 0.15) is 0 Å². The van der Waals surface area contributed by atoms with Gasteiger partial charge in [-0.1, -0.05) is 7.77 Å². The standard InChI is InChI=1S/CF3NO5S2/c2-1(6)5(11(3,7)8)12(4,9)10. The number of hydrogen-bond donors (Lipinski definition) is 0. The van der Waals surface area contributed by atoms with E-state index in [9.17, 15) is 33.8 Å². The van der Waals surface area contributed by atoms with Gasteiger partial charge in [0.25, 0.3) is 0 Å². The van der Waals surface area contributed by atoms with Crippen molar-refractivity contribution in [2.75, 3.05) is 0 Å². The number of halogens is 3. The van der Waals surface area contributed by atoms with Crippen LogP contribution in [0.25, 0.3) is 0 Å². The third-order valence-corrected chi connectivity index (χ3v) is 2.69. The fourth-order valence-corrected chi connectivity index (χ4v) is 1.47. The Labute approximate surface area is 65.3 Å². The predicted octanol–water partition coefficient (Wildman–Crippen LogP) is -0.193. The van der Waals surface area contributed by atoms with Gasteiger partial charge in [0.2, 0.25) is 0 Å². The summed E-state index contributed by atoms with van der Waals surface area (Å²) in [5.41, 5.74) is 0. The van der Waals surface area contributed by atoms with Gasteiger partial charge in [0.15, 0.2) is 0 Å². The van der Waals surface area contributed by atoms with Crippen LogP contribution >= 0.6 is 0 Å². The van der Waals surface area contributed by atoms with Crippen molar-refractivity contribution in [2.45, 2.75) is 0 Å². The van der Waals surface area contributed by atoms with Gasteiger partial charge in [-0.25, -0.2) is 4.79 Å². The lowest BCUT2D eigenvalue weighted by molar-refractivity contribution is 0.213. The van der Waals surface area contributed by atoms with Crippen molar-refractivity contribution in [1.29, 1.82) is 0 Å². The SMILES string of the molecule is O=C(F)N(S(=O)(=O)F)S(=O)(=O)F. The van der Waals surface area contributed by atoms with Gasteiger partial charge in [-0.3, -0.25) is 0 Å². The number of amides is 1. The summed E-state index contributed by atoms with van der Waals surface area (Å²) in [5, 5.41) is 0. The normalized spacial score (nSPS) is 12.6. The van der Waals surface area contributed by atoms with Crippen molar-refractivity contribution < 1.29 is 33.8 Å². The van der Waals surface area contributed by atoms with E-state index in [1.165, 1.54) is 0 Å². The van der Waals surface area contributed by atoms with Gasteiger partial charge in [-0.15, -0.1) is 4.39 Å². The smallest absolute Gasteiger partial charge is 0.232 e. The molecule has 0 rings (SSSR count). The summed E-state index contributed by atoms with van der Waals surface area (Å²) in [5.74, 6) is 0. The molecule has 0 unspecified atom stereocenters. The number of hydrogen-bond acceptors (Lipinski definition) is 5. The lowest BCUT2D eigenvalue weighted by atomic mass is 11.4. The zero-order valence-electron chi connectivity index (χ0n) is 4.94. The minimum Gasteiger partial charge on any atom is -0.232 e. The highest BCUT2D eigenvalue weighted by molar-refractivity contribution is 8.00. The molecule has 0 saturated carbocycles. The third kappa shape index (κ3) is 2.65. The first-order valence-corrected chi connectivity index (χ1v) is 4.64. The Morgan fingerprint density at radius 1 is 1.00 bits per heavy atom. The average Bonchev–Trinajstić information content (AvgIpc) is 1.49. The molecule has 11 heteroatoms. The molecule has 0 spiro atoms. The summed E-state index contributed by atoms with van der Waals surface area (Å²) < 4.78 is 70.9. The fourth-order valence-electron chi connectivity index (χ4n) is 0.278. The Bertz CT molecular complexity index is 349. The Balaban J connectivity index is 5.42. The summed E-state index contributed by atoms with van der Waals surface area (Å²) in [6.07, 6.45) is -3.29. The monoisotopic (exact) mass is 227 g/mol. The van der Waals surface area contributed by atoms with E-state index in [0.29, 0.717) is 0 Å². The van der Waals surface area contributed by atoms with Gasteiger partial charge in [-0.2, -0.15) is 16.8 Å². The minimum atomic E-state index is -6.28. The molecule has 0 aliphatic rings. The lowest BCUT2D eigenvalue weighted by Gasteiger charge is -2.05. The van der Waals surface area contributed by atoms with Crippen LogP contribution in [0.4, 0.5) is 17.0 Å². The molecule has 0 radical (unpaired) electrons. The van der Waals surface area contributed by atoms with E-state index in [-0.39, 0.29) is 0 Å². The molecule has 0 aliphatic heterocycles. The number of rotatable bonds is 2. The van der Waals surface area contributed by atoms with Gasteiger partial charge in [0.05, 0.1) is 0 Å². The van der Waals surface area contributed by atoms with Crippen molar-refractivity contribution in [2.24, 2.45) is 0 Å². The van der Waals surface area contributed by atoms with E-state index >= 15 is 0 Å². The minimum absolute atomic E-state index is 2.15. The van der Waals surface area contributed by atoms with Crippen molar-refractivity contribution in [3.8, 4) is 0 Å². The van der Waals surface area contributed by atoms with Crippen LogP contribution in [-0.4, -0.2) is 26.7 Å². The molecule has 72 valence electrons. The number of nitrogens with zero attached hydrogens (tertiary/aromatic N) is 1. The number of carbonyl (C=O) groups excluding carboxylic acids is 1. The zero-order chi connectivity index (χ0) is 10.2. The Morgan fingerprint density at radius 2 is 1.25 bits per heavy atom. The summed E-state index contributed by atoms with van der Waals surface area (Å²) >= 11 is 0. The van der Waals surface area contributed by atoms with Crippen LogP contribution in [0.2, 0.25) is 0 Å². The van der Waals surface area contributed by atoms with Crippen molar-refractivity contribution >= 4 is 27.0 Å². The first-order chi connectivity index (χ1) is 5.07. The molecular formula is CF3NO5S2. The molecule has 0 aromatic carbocycles. The largest absolute Gasteiger partial charge is 0.432 e. The Hall–Kier alpha value is -0.840. The average molecular weight is 227 g/mol. The first-order valence-electron chi connectivity index (χ1n) is 1.96. The van der Waals surface area contributed by atoms with E-state index in [2.05, 4.69) is 0 Å². The molecule has 0 bridgehead atoms. The topological polar surface area (TPSA) is 88.6 Å². The molecule has 12 heavy (non-hydrogen) atoms. The van der Waals surface area contributed by atoms with E-state index < -0.39 is 30.7 Å². The van der Waals surface area contributed by atoms with Gasteiger partial charge in [-0.05, 0) is 3.71 Å². The van der Waals surface area contributed by atoms with E-state index in [1.54, 1.807) is 0 Å². The second kappa shape index (κ2) is 2.90. The van der Waals surface area contributed by atoms with Crippen molar-refractivity contribution in [3.05, 3.63) is 0 Å². The quantitative estimate of drug-likeness (QED) is 0.481. The van der Waals surface area contributed by atoms with Crippen LogP contribution < -0.4 is 0 Å². The summed E-state index contributed by atoms with van der Waals surface area (Å²) in [6, 6.07) is 0. The number of carbonyl (C=O) groups is 1. The van der Waals surface area contributed by atoms with Crippen LogP contribution in [0.5, 0.6) is 0 Å². The highest BCUT2D eigenvalue weighted by Gasteiger charge is 2.39. The van der Waals surface area contributed by atoms with E-state index in [0.717, 1.165) is 0 Å². The summed E-state index contributed by atoms with van der Waals surface area (Å²) in [6.45, 7) is 0. The zero-order valence-corrected chi connectivity index (χ0v) is 6.57. The molecule has 1 amide bonds. The molecule has 0 aliphatic carbocycles. The van der Waals surface area contributed by atoms with E-state index in [1.807, 2.05) is 0 Å². The van der Waals surface area contributed by atoms with Gasteiger partial charge in [0, 0.05) is 0 Å². The third-order valence-electron chi connectivity index (χ3n) is 0.540. The highest BCUT2D eigenvalue weighted by atomic mass is 32.3. The predicted molar refractivity (Wildman–Crippen MR) is 28.4 cm³/mol. The maximum absolute atomic E-state index is 11.6. The molecule has 0 heterocycles. The van der Waals surface area contributed by atoms with Crippen molar-refractivity contribution in [3.63, 3.8) is 0 Å². The van der Waals surface area contributed by atoms with Gasteiger partial charge < -0.3 is 0 Å². The maximum atomic E-state index is 11.6. The first kappa shape index (κ1) is 11.2. The molecule has 0 saturated heterocycles. The van der Waals surface area contributed by atoms with Crippen molar-refractivity contribution in [1.82, 2.24) is 3.71 Å². The maximum Gasteiger partial charge on any atom is 0.432 e. The molecule has 0 atom stereocenters. The Morgan fingerprint density at radius 3 is 1.25 bits per heavy atom. The van der Waals surface area contributed by atoms with Crippen LogP contribution in [0.3, 0.4) is 0 Å². The van der Waals surface area contributed by atoms with Crippen LogP contribution in [-0.2, 0) is 20.8 Å². The molecular weight excluding hydrogens is 227 g/mol. The molecule has 6 nitrogen and oxygen atoms in total. The Kier molecular flexibility index (Phi) is 2.69. The van der Waals surface area contributed by atoms with Gasteiger partial charge >= 0.3 is 27.0 Å². The molecule has 0 aromatic heterocycles. The molecule has 0 aromatic rings. The van der Waals surface area contributed by atoms with Crippen LogP contribution in [0.15, 0.2) is 0 Å². The fraction of sp³-hybridized carbons (Fsp3) is 0. The van der Waals surface area contributed by atoms with Crippen LogP contribution in [0, 0.1) is 0 Å². The van der Waals surface area contributed by atoms with Crippen LogP contribution in [0.1, 0.15) is 0 Å². The summed E-state index contributed by atoms with van der Waals surface area (Å²) in [7, 11) is -12.6.